The number of benzene rings is 1. The quantitative estimate of drug-likeness (QED) is 0.778. The van der Waals surface area contributed by atoms with Crippen LogP contribution in [0.4, 0.5) is 4.39 Å². The fraction of sp³-hybridized carbons (Fsp3) is 0.417. The summed E-state index contributed by atoms with van der Waals surface area (Å²) in [5, 5.41) is 7.41. The molecule has 0 aliphatic heterocycles. The second-order valence-corrected chi connectivity index (χ2v) is 7.73. The van der Waals surface area contributed by atoms with E-state index in [1.54, 1.807) is 6.92 Å². The average molecular weight is 336 g/mol. The molecule has 118 valence electrons. The van der Waals surface area contributed by atoms with Crippen LogP contribution in [-0.2, 0) is 20.8 Å². The van der Waals surface area contributed by atoms with Gasteiger partial charge < -0.3 is 5.32 Å². The number of primary sulfonamides is 1. The number of sulfonamides is 1. The topological polar surface area (TPSA) is 106 Å². The zero-order chi connectivity index (χ0) is 16.2. The Morgan fingerprint density at radius 3 is 2.57 bits per heavy atom. The molecule has 1 aromatic carbocycles. The number of hydrogen-bond acceptors (Lipinski definition) is 4. The number of hydrogen-bond donors (Lipinski definition) is 2. The molecule has 1 aromatic rings. The van der Waals surface area contributed by atoms with Gasteiger partial charge in [-0.2, -0.15) is 0 Å². The van der Waals surface area contributed by atoms with Crippen molar-refractivity contribution in [1.82, 2.24) is 5.32 Å². The fourth-order valence-electron chi connectivity index (χ4n) is 1.65. The van der Waals surface area contributed by atoms with Gasteiger partial charge in [-0.1, -0.05) is 6.92 Å². The summed E-state index contributed by atoms with van der Waals surface area (Å²) in [6, 6.07) is 1.85. The highest BCUT2D eigenvalue weighted by Gasteiger charge is 2.19. The van der Waals surface area contributed by atoms with Gasteiger partial charge in [0.1, 0.15) is 5.82 Å². The van der Waals surface area contributed by atoms with Crippen molar-refractivity contribution in [3.63, 3.8) is 0 Å². The summed E-state index contributed by atoms with van der Waals surface area (Å²) in [4.78, 5) is 11.5. The molecule has 0 saturated heterocycles. The molecular weight excluding hydrogens is 319 g/mol. The maximum absolute atomic E-state index is 13.8. The fourth-order valence-corrected chi connectivity index (χ4v) is 3.06. The van der Waals surface area contributed by atoms with Crippen LogP contribution in [0.1, 0.15) is 22.8 Å². The third-order valence-corrected chi connectivity index (χ3v) is 5.11. The van der Waals surface area contributed by atoms with Crippen molar-refractivity contribution >= 4 is 26.7 Å². The smallest absolute Gasteiger partial charge is 0.254 e. The van der Waals surface area contributed by atoms with Gasteiger partial charge >= 0.3 is 0 Å². The summed E-state index contributed by atoms with van der Waals surface area (Å²) in [6.45, 7) is 3.24. The van der Waals surface area contributed by atoms with Crippen LogP contribution in [0, 0.1) is 12.7 Å². The molecule has 0 saturated carbocycles. The minimum absolute atomic E-state index is 0.108. The molecule has 0 spiro atoms. The molecule has 0 bridgehead atoms. The lowest BCUT2D eigenvalue weighted by atomic mass is 10.1. The minimum atomic E-state index is -4.04. The molecule has 0 aliphatic rings. The van der Waals surface area contributed by atoms with Crippen LogP contribution in [0.15, 0.2) is 17.0 Å². The molecule has 1 atom stereocenters. The van der Waals surface area contributed by atoms with Crippen molar-refractivity contribution in [2.45, 2.75) is 18.7 Å². The Morgan fingerprint density at radius 1 is 1.43 bits per heavy atom. The summed E-state index contributed by atoms with van der Waals surface area (Å²) in [7, 11) is -5.09. The Hall–Kier alpha value is -1.32. The van der Waals surface area contributed by atoms with Gasteiger partial charge in [0.2, 0.25) is 10.0 Å². The van der Waals surface area contributed by atoms with E-state index in [-0.39, 0.29) is 22.8 Å². The lowest BCUT2D eigenvalue weighted by molar-refractivity contribution is 0.0952. The molecule has 0 fully saturated rings. The Balaban J connectivity index is 2.97. The van der Waals surface area contributed by atoms with Gasteiger partial charge in [0.25, 0.3) is 5.91 Å². The molecule has 1 unspecified atom stereocenters. The molecule has 0 radical (unpaired) electrons. The number of carbonyl (C=O) groups is 1. The van der Waals surface area contributed by atoms with E-state index < -0.39 is 38.1 Å². The van der Waals surface area contributed by atoms with Crippen LogP contribution < -0.4 is 10.5 Å². The van der Waals surface area contributed by atoms with Crippen LogP contribution in [0.5, 0.6) is 0 Å². The van der Waals surface area contributed by atoms with Gasteiger partial charge in [-0.05, 0) is 24.6 Å². The molecule has 0 heterocycles. The van der Waals surface area contributed by atoms with Crippen LogP contribution in [0.25, 0.3) is 0 Å². The van der Waals surface area contributed by atoms with E-state index >= 15 is 0 Å². The van der Waals surface area contributed by atoms with Gasteiger partial charge in [0, 0.05) is 28.9 Å². The first kappa shape index (κ1) is 17.7. The van der Waals surface area contributed by atoms with E-state index in [0.29, 0.717) is 5.75 Å². The summed E-state index contributed by atoms with van der Waals surface area (Å²) < 4.78 is 47.7. The lowest BCUT2D eigenvalue weighted by Gasteiger charge is -2.09. The summed E-state index contributed by atoms with van der Waals surface area (Å²) in [5.41, 5.74) is -0.287. The van der Waals surface area contributed by atoms with Gasteiger partial charge in [-0.3, -0.25) is 9.00 Å². The van der Waals surface area contributed by atoms with Crippen molar-refractivity contribution in [2.24, 2.45) is 5.14 Å². The summed E-state index contributed by atoms with van der Waals surface area (Å²) >= 11 is 0. The highest BCUT2D eigenvalue weighted by atomic mass is 32.2. The van der Waals surface area contributed by atoms with Crippen LogP contribution >= 0.6 is 0 Å². The molecule has 3 N–H and O–H groups in total. The number of aryl methyl sites for hydroxylation is 1. The number of nitrogens with two attached hydrogens (primary N) is 1. The minimum Gasteiger partial charge on any atom is -0.351 e. The van der Waals surface area contributed by atoms with Gasteiger partial charge in [0.15, 0.2) is 0 Å². The zero-order valence-corrected chi connectivity index (χ0v) is 13.3. The number of nitrogens with one attached hydrogen (secondary N) is 1. The van der Waals surface area contributed by atoms with Crippen molar-refractivity contribution < 1.29 is 21.8 Å². The predicted octanol–water partition coefficient (Wildman–Crippen LogP) is 0.280. The Kier molecular flexibility index (Phi) is 5.99. The standard InChI is InChI=1S/C12H17FN2O4S2/c1-3-20(17)5-4-15-12(16)9-7-11(21(14,18)19)8(2)6-10(9)13/h6-7H,3-5H2,1-2H3,(H,15,16)(H2,14,18,19). The second-order valence-electron chi connectivity index (χ2n) is 4.33. The first-order valence-corrected chi connectivity index (χ1v) is 9.16. The van der Waals surface area contributed by atoms with E-state index in [9.17, 15) is 21.8 Å². The average Bonchev–Trinajstić information content (AvgIpc) is 2.36. The van der Waals surface area contributed by atoms with Gasteiger partial charge in [-0.15, -0.1) is 0 Å². The second kappa shape index (κ2) is 7.10. The molecule has 0 aliphatic carbocycles. The highest BCUT2D eigenvalue weighted by molar-refractivity contribution is 7.89. The number of amides is 1. The monoisotopic (exact) mass is 336 g/mol. The van der Waals surface area contributed by atoms with Crippen molar-refractivity contribution in [3.8, 4) is 0 Å². The molecule has 6 nitrogen and oxygen atoms in total. The van der Waals surface area contributed by atoms with E-state index in [0.717, 1.165) is 12.1 Å². The maximum atomic E-state index is 13.8. The van der Waals surface area contributed by atoms with E-state index in [1.165, 1.54) is 6.92 Å². The molecule has 1 rings (SSSR count). The van der Waals surface area contributed by atoms with Gasteiger partial charge in [0.05, 0.1) is 10.5 Å². The zero-order valence-electron chi connectivity index (χ0n) is 11.7. The number of carbonyl (C=O) groups excluding carboxylic acids is 1. The van der Waals surface area contributed by atoms with Crippen molar-refractivity contribution in [3.05, 3.63) is 29.1 Å². The van der Waals surface area contributed by atoms with Gasteiger partial charge in [-0.25, -0.2) is 17.9 Å². The third-order valence-electron chi connectivity index (χ3n) is 2.75. The van der Waals surface area contributed by atoms with Crippen LogP contribution in [0.2, 0.25) is 0 Å². The lowest BCUT2D eigenvalue weighted by Crippen LogP contribution is -2.29. The predicted molar refractivity (Wildman–Crippen MR) is 78.4 cm³/mol. The Bertz CT molecular complexity index is 674. The summed E-state index contributed by atoms with van der Waals surface area (Å²) in [5.74, 6) is -0.901. The van der Waals surface area contributed by atoms with Crippen molar-refractivity contribution in [1.29, 1.82) is 0 Å². The highest BCUT2D eigenvalue weighted by Crippen LogP contribution is 2.19. The first-order valence-electron chi connectivity index (χ1n) is 6.13. The Labute approximate surface area is 125 Å². The largest absolute Gasteiger partial charge is 0.351 e. The van der Waals surface area contributed by atoms with E-state index in [1.807, 2.05) is 0 Å². The molecule has 9 heteroatoms. The Morgan fingerprint density at radius 2 is 2.05 bits per heavy atom. The summed E-state index contributed by atoms with van der Waals surface area (Å²) in [6.07, 6.45) is 0. The van der Waals surface area contributed by atoms with Crippen LogP contribution in [-0.4, -0.2) is 36.6 Å². The molecule has 21 heavy (non-hydrogen) atoms. The first-order chi connectivity index (χ1) is 9.66. The van der Waals surface area contributed by atoms with Crippen LogP contribution in [0.3, 0.4) is 0 Å². The number of halogens is 1. The number of rotatable bonds is 6. The normalized spacial score (nSPS) is 13.0. The molecular formula is C12H17FN2O4S2. The molecule has 1 amide bonds. The molecule has 0 aromatic heterocycles. The van der Waals surface area contributed by atoms with E-state index in [4.69, 9.17) is 5.14 Å². The third kappa shape index (κ3) is 4.87. The van der Waals surface area contributed by atoms with Crippen molar-refractivity contribution in [2.75, 3.05) is 18.1 Å². The SMILES string of the molecule is CCS(=O)CCNC(=O)c1cc(S(N)(=O)=O)c(C)cc1F. The maximum Gasteiger partial charge on any atom is 0.254 e. The van der Waals surface area contributed by atoms with E-state index in [2.05, 4.69) is 5.32 Å².